The first-order chi connectivity index (χ1) is 6.61. The second-order valence-electron chi connectivity index (χ2n) is 2.71. The summed E-state index contributed by atoms with van der Waals surface area (Å²) in [4.78, 5) is 10.4. The van der Waals surface area contributed by atoms with Crippen LogP contribution in [0.25, 0.3) is 0 Å². The highest BCUT2D eigenvalue weighted by Crippen LogP contribution is 2.16. The summed E-state index contributed by atoms with van der Waals surface area (Å²) in [7, 11) is 0. The molecule has 0 saturated heterocycles. The van der Waals surface area contributed by atoms with Gasteiger partial charge in [-0.2, -0.15) is 0 Å². The Morgan fingerprint density at radius 1 is 1.50 bits per heavy atom. The fraction of sp³-hybridized carbons (Fsp3) is 0.222. The maximum Gasteiger partial charge on any atom is 0.255 e. The Balaban J connectivity index is 2.76. The van der Waals surface area contributed by atoms with Crippen LogP contribution in [-0.4, -0.2) is 17.6 Å². The quantitative estimate of drug-likeness (QED) is 0.726. The molecule has 1 aromatic carbocycles. The molecule has 1 aromatic rings. The molecule has 3 N–H and O–H groups in total. The predicted molar refractivity (Wildman–Crippen MR) is 47.0 cm³/mol. The van der Waals surface area contributed by atoms with Crippen LogP contribution in [0.2, 0.25) is 0 Å². The summed E-state index contributed by atoms with van der Waals surface area (Å²) >= 11 is 0. The van der Waals surface area contributed by atoms with Gasteiger partial charge in [-0.3, -0.25) is 4.79 Å². The monoisotopic (exact) mass is 199 g/mol. The molecule has 1 rings (SSSR count). The number of hydrogen-bond donors (Lipinski definition) is 2. The Labute approximate surface area is 80.1 Å². The third kappa shape index (κ3) is 3.02. The molecule has 0 heterocycles. The van der Waals surface area contributed by atoms with Crippen molar-refractivity contribution in [3.63, 3.8) is 0 Å². The first-order valence-electron chi connectivity index (χ1n) is 3.93. The standard InChI is InChI=1S/C9H10FNO3/c10-7-1-6(4-12)2-8(3-7)14-5-9(11)13/h1-3,12H,4-5H2,(H2,11,13). The number of aliphatic hydroxyl groups excluding tert-OH is 1. The molecule has 0 saturated carbocycles. The Hall–Kier alpha value is -1.62. The van der Waals surface area contributed by atoms with Gasteiger partial charge in [0.25, 0.3) is 5.91 Å². The molecule has 4 nitrogen and oxygen atoms in total. The zero-order chi connectivity index (χ0) is 10.6. The highest BCUT2D eigenvalue weighted by atomic mass is 19.1. The minimum Gasteiger partial charge on any atom is -0.484 e. The van der Waals surface area contributed by atoms with E-state index in [1.807, 2.05) is 0 Å². The van der Waals surface area contributed by atoms with Gasteiger partial charge in [0.1, 0.15) is 11.6 Å². The van der Waals surface area contributed by atoms with Crippen LogP contribution in [0.3, 0.4) is 0 Å². The van der Waals surface area contributed by atoms with Gasteiger partial charge in [-0.05, 0) is 17.7 Å². The van der Waals surface area contributed by atoms with Crippen LogP contribution in [0.5, 0.6) is 5.75 Å². The number of carbonyl (C=O) groups is 1. The van der Waals surface area contributed by atoms with Gasteiger partial charge in [0.2, 0.25) is 0 Å². The van der Waals surface area contributed by atoms with E-state index in [1.54, 1.807) is 0 Å². The molecule has 1 amide bonds. The lowest BCUT2D eigenvalue weighted by molar-refractivity contribution is -0.119. The molecule has 0 radical (unpaired) electrons. The van der Waals surface area contributed by atoms with Gasteiger partial charge in [0, 0.05) is 6.07 Å². The van der Waals surface area contributed by atoms with E-state index in [9.17, 15) is 9.18 Å². The molecule has 0 aromatic heterocycles. The summed E-state index contributed by atoms with van der Waals surface area (Å²) in [5.74, 6) is -0.997. The van der Waals surface area contributed by atoms with Crippen molar-refractivity contribution in [1.82, 2.24) is 0 Å². The van der Waals surface area contributed by atoms with Crippen molar-refractivity contribution in [2.75, 3.05) is 6.61 Å². The fourth-order valence-corrected chi connectivity index (χ4v) is 0.950. The van der Waals surface area contributed by atoms with E-state index in [0.29, 0.717) is 5.56 Å². The molecule has 76 valence electrons. The van der Waals surface area contributed by atoms with Crippen molar-refractivity contribution < 1.29 is 19.0 Å². The van der Waals surface area contributed by atoms with Crippen LogP contribution < -0.4 is 10.5 Å². The average molecular weight is 199 g/mol. The molecule has 14 heavy (non-hydrogen) atoms. The zero-order valence-electron chi connectivity index (χ0n) is 7.37. The summed E-state index contributed by atoms with van der Waals surface area (Å²) in [6.07, 6.45) is 0. The van der Waals surface area contributed by atoms with Crippen molar-refractivity contribution in [1.29, 1.82) is 0 Å². The molecule has 0 bridgehead atoms. The molecule has 5 heteroatoms. The van der Waals surface area contributed by atoms with Crippen molar-refractivity contribution in [2.45, 2.75) is 6.61 Å². The Kier molecular flexibility index (Phi) is 3.41. The van der Waals surface area contributed by atoms with Crippen LogP contribution in [0.4, 0.5) is 4.39 Å². The maximum absolute atomic E-state index is 12.8. The van der Waals surface area contributed by atoms with Gasteiger partial charge in [-0.15, -0.1) is 0 Å². The smallest absolute Gasteiger partial charge is 0.255 e. The molecule has 0 spiro atoms. The minimum absolute atomic E-state index is 0.174. The average Bonchev–Trinajstić information content (AvgIpc) is 2.14. The molecule has 0 aliphatic rings. The van der Waals surface area contributed by atoms with Gasteiger partial charge >= 0.3 is 0 Å². The molecular formula is C9H10FNO3. The van der Waals surface area contributed by atoms with Crippen molar-refractivity contribution in [3.05, 3.63) is 29.6 Å². The first kappa shape index (κ1) is 10.5. The Morgan fingerprint density at radius 2 is 2.21 bits per heavy atom. The lowest BCUT2D eigenvalue weighted by Gasteiger charge is -2.05. The molecule has 0 aliphatic carbocycles. The molecule has 0 fully saturated rings. The largest absolute Gasteiger partial charge is 0.484 e. The summed E-state index contributed by atoms with van der Waals surface area (Å²) in [5.41, 5.74) is 5.22. The van der Waals surface area contributed by atoms with Crippen LogP contribution in [0, 0.1) is 5.82 Å². The number of ether oxygens (including phenoxy) is 1. The van der Waals surface area contributed by atoms with Crippen LogP contribution in [0.15, 0.2) is 18.2 Å². The highest BCUT2D eigenvalue weighted by Gasteiger charge is 2.02. The fourth-order valence-electron chi connectivity index (χ4n) is 0.950. The van der Waals surface area contributed by atoms with E-state index >= 15 is 0 Å². The Bertz CT molecular complexity index is 341. The van der Waals surface area contributed by atoms with E-state index in [0.717, 1.165) is 6.07 Å². The van der Waals surface area contributed by atoms with Gasteiger partial charge in [0.05, 0.1) is 6.61 Å². The van der Waals surface area contributed by atoms with E-state index in [1.165, 1.54) is 12.1 Å². The maximum atomic E-state index is 12.8. The van der Waals surface area contributed by atoms with Crippen molar-refractivity contribution in [2.24, 2.45) is 5.73 Å². The summed E-state index contributed by atoms with van der Waals surface area (Å²) in [5, 5.41) is 8.75. The molecule has 0 aliphatic heterocycles. The van der Waals surface area contributed by atoms with E-state index in [2.05, 4.69) is 0 Å². The van der Waals surface area contributed by atoms with E-state index in [4.69, 9.17) is 15.6 Å². The van der Waals surface area contributed by atoms with Gasteiger partial charge < -0.3 is 15.6 Å². The van der Waals surface area contributed by atoms with Gasteiger partial charge in [-0.1, -0.05) is 0 Å². The minimum atomic E-state index is -0.639. The number of primary amides is 1. The number of amides is 1. The molecule has 0 unspecified atom stereocenters. The summed E-state index contributed by atoms with van der Waals surface area (Å²) in [6, 6.07) is 3.73. The third-order valence-electron chi connectivity index (χ3n) is 1.49. The van der Waals surface area contributed by atoms with E-state index in [-0.39, 0.29) is 19.0 Å². The lowest BCUT2D eigenvalue weighted by Crippen LogP contribution is -2.20. The van der Waals surface area contributed by atoms with Gasteiger partial charge in [-0.25, -0.2) is 4.39 Å². The number of halogens is 1. The number of nitrogens with two attached hydrogens (primary N) is 1. The first-order valence-corrected chi connectivity index (χ1v) is 3.93. The highest BCUT2D eigenvalue weighted by molar-refractivity contribution is 5.75. The second kappa shape index (κ2) is 4.57. The number of carbonyl (C=O) groups excluding carboxylic acids is 1. The third-order valence-corrected chi connectivity index (χ3v) is 1.49. The topological polar surface area (TPSA) is 72.6 Å². The SMILES string of the molecule is NC(=O)COc1cc(F)cc(CO)c1. The lowest BCUT2D eigenvalue weighted by atomic mass is 10.2. The van der Waals surface area contributed by atoms with Crippen molar-refractivity contribution >= 4 is 5.91 Å². The number of hydrogen-bond acceptors (Lipinski definition) is 3. The summed E-state index contributed by atoms with van der Waals surface area (Å²) in [6.45, 7) is -0.598. The van der Waals surface area contributed by atoms with E-state index < -0.39 is 11.7 Å². The molecular weight excluding hydrogens is 189 g/mol. The Morgan fingerprint density at radius 3 is 2.79 bits per heavy atom. The zero-order valence-corrected chi connectivity index (χ0v) is 7.37. The summed E-state index contributed by atoms with van der Waals surface area (Å²) < 4.78 is 17.7. The van der Waals surface area contributed by atoms with Crippen LogP contribution >= 0.6 is 0 Å². The van der Waals surface area contributed by atoms with Crippen LogP contribution in [-0.2, 0) is 11.4 Å². The number of benzene rings is 1. The normalized spacial score (nSPS) is 9.86. The number of rotatable bonds is 4. The van der Waals surface area contributed by atoms with Gasteiger partial charge in [0.15, 0.2) is 6.61 Å². The van der Waals surface area contributed by atoms with Crippen LogP contribution in [0.1, 0.15) is 5.56 Å². The van der Waals surface area contributed by atoms with Crippen molar-refractivity contribution in [3.8, 4) is 5.75 Å². The number of aliphatic hydroxyl groups is 1. The predicted octanol–water partition coefficient (Wildman–Crippen LogP) is 0.182. The molecule has 0 atom stereocenters. The second-order valence-corrected chi connectivity index (χ2v) is 2.71.